The number of pyridine rings is 2. The number of hydrogen-bond acceptors (Lipinski definition) is 7. The first-order chi connectivity index (χ1) is 17.0. The number of aryl methyl sites for hydroxylation is 1. The van der Waals surface area contributed by atoms with Crippen molar-refractivity contribution in [2.45, 2.75) is 32.8 Å². The molecule has 9 heteroatoms. The van der Waals surface area contributed by atoms with Crippen LogP contribution in [0.15, 0.2) is 54.9 Å². The maximum Gasteiger partial charge on any atom is 0.267 e. The summed E-state index contributed by atoms with van der Waals surface area (Å²) >= 11 is 0. The summed E-state index contributed by atoms with van der Waals surface area (Å²) in [4.78, 5) is 32.2. The van der Waals surface area contributed by atoms with Crippen LogP contribution in [0, 0.1) is 18.8 Å². The molecule has 0 unspecified atom stereocenters. The van der Waals surface area contributed by atoms with Gasteiger partial charge in [0, 0.05) is 30.6 Å². The molecule has 0 saturated heterocycles. The van der Waals surface area contributed by atoms with Crippen LogP contribution in [0.5, 0.6) is 17.2 Å². The predicted octanol–water partition coefficient (Wildman–Crippen LogP) is 3.23. The Kier molecular flexibility index (Phi) is 8.25. The number of nitrogens with zero attached hydrogens (tertiary/aromatic N) is 3. The van der Waals surface area contributed by atoms with E-state index < -0.39 is 11.5 Å². The lowest BCUT2D eigenvalue weighted by Crippen LogP contribution is -2.25. The lowest BCUT2D eigenvalue weighted by Gasteiger charge is -2.16. The van der Waals surface area contributed by atoms with Crippen molar-refractivity contribution >= 4 is 17.5 Å². The number of fused-ring (bicyclic) bond motifs is 1. The Morgan fingerprint density at radius 3 is 2.61 bits per heavy atom. The van der Waals surface area contributed by atoms with Gasteiger partial charge in [0.2, 0.25) is 5.91 Å². The molecule has 0 spiro atoms. The zero-order valence-corrected chi connectivity index (χ0v) is 20.6. The number of ether oxygens (including phenoxy) is 2. The lowest BCUT2D eigenvalue weighted by molar-refractivity contribution is -0.118. The highest BCUT2D eigenvalue weighted by Gasteiger charge is 2.20. The molecule has 0 atom stereocenters. The third kappa shape index (κ3) is 7.55. The van der Waals surface area contributed by atoms with Crippen LogP contribution in [0.2, 0.25) is 0 Å². The molecule has 186 valence electrons. The molecule has 0 bridgehead atoms. The minimum atomic E-state index is -1.04. The molecule has 1 aromatic carbocycles. The summed E-state index contributed by atoms with van der Waals surface area (Å²) in [5, 5.41) is 9.59. The quantitative estimate of drug-likeness (QED) is 0.542. The van der Waals surface area contributed by atoms with E-state index in [0.29, 0.717) is 36.0 Å². The molecule has 9 nitrogen and oxygen atoms in total. The molecule has 2 amide bonds. The fourth-order valence-corrected chi connectivity index (χ4v) is 3.01. The van der Waals surface area contributed by atoms with Gasteiger partial charge in [-0.05, 0) is 57.2 Å². The molecule has 4 rings (SSSR count). The standard InChI is InChI=1S/C15H17NO3.C12H11N3O2/c1-15(2,18)8-6-11-4-5-13-12(10-11)16(3)14(17)7-9-19-13;1-8-2-3-10(7-15-8)17-9-4-5-14-11(6-9)12(13)16/h4-5,10,18H,7,9H2,1-3H3;2-7H,1H3,(H2,13,16). The van der Waals surface area contributed by atoms with Crippen molar-refractivity contribution in [2.75, 3.05) is 18.6 Å². The molecule has 3 heterocycles. The summed E-state index contributed by atoms with van der Waals surface area (Å²) in [7, 11) is 1.73. The Morgan fingerprint density at radius 1 is 1.17 bits per heavy atom. The van der Waals surface area contributed by atoms with E-state index >= 15 is 0 Å². The van der Waals surface area contributed by atoms with Crippen molar-refractivity contribution in [2.24, 2.45) is 5.73 Å². The topological polar surface area (TPSA) is 128 Å². The monoisotopic (exact) mass is 488 g/mol. The second-order valence-electron chi connectivity index (χ2n) is 8.52. The molecule has 3 N–H and O–H groups in total. The first kappa shape index (κ1) is 26.2. The average Bonchev–Trinajstić information content (AvgIpc) is 2.97. The van der Waals surface area contributed by atoms with Gasteiger partial charge in [0.25, 0.3) is 5.91 Å². The fraction of sp³-hybridized carbons (Fsp3) is 0.259. The van der Waals surface area contributed by atoms with Gasteiger partial charge in [0.05, 0.1) is 24.9 Å². The van der Waals surface area contributed by atoms with Gasteiger partial charge in [0.1, 0.15) is 28.5 Å². The van der Waals surface area contributed by atoms with Crippen molar-refractivity contribution < 1.29 is 24.2 Å². The van der Waals surface area contributed by atoms with Crippen LogP contribution in [0.4, 0.5) is 5.69 Å². The molecule has 0 saturated carbocycles. The molecule has 3 aromatic rings. The first-order valence-corrected chi connectivity index (χ1v) is 11.2. The molecule has 36 heavy (non-hydrogen) atoms. The van der Waals surface area contributed by atoms with Gasteiger partial charge in [-0.1, -0.05) is 11.8 Å². The number of carbonyl (C=O) groups is 2. The molecule has 0 radical (unpaired) electrons. The number of benzene rings is 1. The van der Waals surface area contributed by atoms with E-state index in [0.717, 1.165) is 11.3 Å². The van der Waals surface area contributed by atoms with Crippen LogP contribution in [0.1, 0.15) is 42.0 Å². The highest BCUT2D eigenvalue weighted by atomic mass is 16.5. The number of nitrogens with two attached hydrogens (primary N) is 1. The maximum absolute atomic E-state index is 11.8. The van der Waals surface area contributed by atoms with E-state index in [4.69, 9.17) is 15.2 Å². The van der Waals surface area contributed by atoms with Crippen LogP contribution >= 0.6 is 0 Å². The summed E-state index contributed by atoms with van der Waals surface area (Å²) in [5.41, 5.74) is 6.62. The molecule has 0 aliphatic carbocycles. The summed E-state index contributed by atoms with van der Waals surface area (Å²) in [6.07, 6.45) is 3.45. The zero-order chi connectivity index (χ0) is 26.3. The van der Waals surface area contributed by atoms with Gasteiger partial charge in [-0.3, -0.25) is 19.6 Å². The van der Waals surface area contributed by atoms with Crippen LogP contribution < -0.4 is 20.1 Å². The molecule has 1 aliphatic heterocycles. The fourth-order valence-electron chi connectivity index (χ4n) is 3.01. The van der Waals surface area contributed by atoms with Gasteiger partial charge in [0.15, 0.2) is 0 Å². The number of primary amides is 1. The highest BCUT2D eigenvalue weighted by Crippen LogP contribution is 2.31. The molecular weight excluding hydrogens is 460 g/mol. The van der Waals surface area contributed by atoms with Gasteiger partial charge < -0.3 is 25.2 Å². The smallest absolute Gasteiger partial charge is 0.267 e. The van der Waals surface area contributed by atoms with Crippen molar-refractivity contribution in [3.8, 4) is 29.1 Å². The number of aromatic nitrogens is 2. The Bertz CT molecular complexity index is 1300. The largest absolute Gasteiger partial charge is 0.491 e. The second-order valence-corrected chi connectivity index (χ2v) is 8.52. The number of aliphatic hydroxyl groups is 1. The van der Waals surface area contributed by atoms with E-state index in [2.05, 4.69) is 21.8 Å². The normalized spacial score (nSPS) is 12.6. The van der Waals surface area contributed by atoms with Gasteiger partial charge >= 0.3 is 0 Å². The van der Waals surface area contributed by atoms with Crippen LogP contribution in [0.3, 0.4) is 0 Å². The molecule has 2 aromatic heterocycles. The average molecular weight is 489 g/mol. The van der Waals surface area contributed by atoms with Crippen LogP contribution in [-0.4, -0.2) is 46.1 Å². The number of anilines is 1. The van der Waals surface area contributed by atoms with E-state index in [1.807, 2.05) is 19.1 Å². The first-order valence-electron chi connectivity index (χ1n) is 11.2. The van der Waals surface area contributed by atoms with E-state index in [1.165, 1.54) is 12.3 Å². The second kappa shape index (κ2) is 11.3. The Hall–Kier alpha value is -4.42. The van der Waals surface area contributed by atoms with Gasteiger partial charge in [-0.15, -0.1) is 0 Å². The Balaban J connectivity index is 0.000000202. The van der Waals surface area contributed by atoms with E-state index in [-0.39, 0.29) is 11.6 Å². The van der Waals surface area contributed by atoms with E-state index in [1.54, 1.807) is 56.3 Å². The zero-order valence-electron chi connectivity index (χ0n) is 20.6. The van der Waals surface area contributed by atoms with Gasteiger partial charge in [-0.25, -0.2) is 0 Å². The number of amides is 2. The van der Waals surface area contributed by atoms with Crippen LogP contribution in [-0.2, 0) is 4.79 Å². The van der Waals surface area contributed by atoms with Crippen molar-refractivity contribution in [3.05, 3.63) is 71.8 Å². The lowest BCUT2D eigenvalue weighted by atomic mass is 10.1. The minimum Gasteiger partial charge on any atom is -0.491 e. The van der Waals surface area contributed by atoms with E-state index in [9.17, 15) is 14.7 Å². The third-order valence-electron chi connectivity index (χ3n) is 4.88. The van der Waals surface area contributed by atoms with Crippen molar-refractivity contribution in [3.63, 3.8) is 0 Å². The summed E-state index contributed by atoms with van der Waals surface area (Å²) < 4.78 is 11.0. The van der Waals surface area contributed by atoms with Crippen molar-refractivity contribution in [1.82, 2.24) is 9.97 Å². The summed E-state index contributed by atoms with van der Waals surface area (Å²) in [6, 6.07) is 12.2. The molecule has 0 fully saturated rings. The van der Waals surface area contributed by atoms with Crippen molar-refractivity contribution in [1.29, 1.82) is 0 Å². The molecule has 1 aliphatic rings. The SMILES string of the molecule is CN1C(=O)CCOc2ccc(C#CC(C)(C)O)cc21.Cc1ccc(Oc2ccnc(C(N)=O)c2)cn1. The third-order valence-corrected chi connectivity index (χ3v) is 4.88. The maximum atomic E-state index is 11.8. The number of rotatable bonds is 3. The summed E-state index contributed by atoms with van der Waals surface area (Å²) in [5.74, 6) is 6.86. The molecular formula is C27H28N4O5. The highest BCUT2D eigenvalue weighted by molar-refractivity contribution is 5.95. The van der Waals surface area contributed by atoms with Gasteiger partial charge in [-0.2, -0.15) is 0 Å². The Morgan fingerprint density at radius 2 is 1.94 bits per heavy atom. The number of carbonyl (C=O) groups excluding carboxylic acids is 2. The Labute approximate surface area is 209 Å². The number of hydrogen-bond donors (Lipinski definition) is 2. The predicted molar refractivity (Wildman–Crippen MR) is 135 cm³/mol. The van der Waals surface area contributed by atoms with Crippen LogP contribution in [0.25, 0.3) is 0 Å². The minimum absolute atomic E-state index is 0.0198. The summed E-state index contributed by atoms with van der Waals surface area (Å²) in [6.45, 7) is 5.54.